The minimum atomic E-state index is -0.0202. The molecule has 0 aliphatic carbocycles. The van der Waals surface area contributed by atoms with E-state index in [4.69, 9.17) is 5.73 Å². The fourth-order valence-electron chi connectivity index (χ4n) is 1.90. The first-order valence-electron chi connectivity index (χ1n) is 5.81. The van der Waals surface area contributed by atoms with Crippen LogP contribution in [0.5, 0.6) is 0 Å². The molecule has 0 fully saturated rings. The molecule has 0 saturated heterocycles. The molecule has 5 heteroatoms. The van der Waals surface area contributed by atoms with Gasteiger partial charge >= 0.3 is 0 Å². The largest absolute Gasteiger partial charge is 0.342 e. The van der Waals surface area contributed by atoms with Gasteiger partial charge in [0.1, 0.15) is 10.8 Å². The highest BCUT2D eigenvalue weighted by molar-refractivity contribution is 7.13. The maximum atomic E-state index is 5.83. The lowest BCUT2D eigenvalue weighted by Gasteiger charge is -1.98. The van der Waals surface area contributed by atoms with Crippen molar-refractivity contribution in [3.8, 4) is 10.6 Å². The average molecular weight is 258 g/mol. The molecule has 92 valence electrons. The number of aromatic nitrogens is 3. The molecular formula is C13H14N4S. The number of rotatable bonds is 2. The van der Waals surface area contributed by atoms with Gasteiger partial charge in [-0.1, -0.05) is 0 Å². The molecule has 0 radical (unpaired) electrons. The fraction of sp³-hybridized carbons (Fsp3) is 0.231. The molecule has 0 aliphatic heterocycles. The van der Waals surface area contributed by atoms with Crippen LogP contribution in [0, 0.1) is 6.92 Å². The molecule has 1 unspecified atom stereocenters. The summed E-state index contributed by atoms with van der Waals surface area (Å²) in [7, 11) is 0. The van der Waals surface area contributed by atoms with Crippen molar-refractivity contribution in [2.45, 2.75) is 19.9 Å². The van der Waals surface area contributed by atoms with Crippen molar-refractivity contribution in [2.24, 2.45) is 5.73 Å². The SMILES string of the molecule is Cc1nc2ccc(-c3nc(C(C)N)cs3)cc2[nH]1. The third-order valence-electron chi connectivity index (χ3n) is 2.84. The molecule has 3 aromatic rings. The van der Waals surface area contributed by atoms with Crippen LogP contribution in [0.1, 0.15) is 24.5 Å². The van der Waals surface area contributed by atoms with E-state index in [1.807, 2.05) is 31.4 Å². The number of benzene rings is 1. The molecule has 0 aliphatic rings. The van der Waals surface area contributed by atoms with Crippen LogP contribution >= 0.6 is 11.3 Å². The normalized spacial score (nSPS) is 13.1. The molecule has 4 nitrogen and oxygen atoms in total. The lowest BCUT2D eigenvalue weighted by atomic mass is 10.2. The minimum Gasteiger partial charge on any atom is -0.342 e. The lowest BCUT2D eigenvalue weighted by Crippen LogP contribution is -2.04. The highest BCUT2D eigenvalue weighted by atomic mass is 32.1. The first-order chi connectivity index (χ1) is 8.63. The molecule has 0 amide bonds. The third-order valence-corrected chi connectivity index (χ3v) is 3.75. The van der Waals surface area contributed by atoms with Gasteiger partial charge in [0, 0.05) is 17.0 Å². The van der Waals surface area contributed by atoms with Crippen molar-refractivity contribution in [1.82, 2.24) is 15.0 Å². The van der Waals surface area contributed by atoms with E-state index in [1.54, 1.807) is 11.3 Å². The summed E-state index contributed by atoms with van der Waals surface area (Å²) in [5.41, 5.74) is 9.90. The van der Waals surface area contributed by atoms with E-state index in [1.165, 1.54) is 0 Å². The van der Waals surface area contributed by atoms with Crippen LogP contribution in [0.2, 0.25) is 0 Å². The Morgan fingerprint density at radius 3 is 2.89 bits per heavy atom. The molecule has 0 spiro atoms. The molecule has 3 rings (SSSR count). The summed E-state index contributed by atoms with van der Waals surface area (Å²) < 4.78 is 0. The standard InChI is InChI=1S/C13H14N4S/c1-7(14)12-6-18-13(17-12)9-3-4-10-11(5-9)16-8(2)15-10/h3-7H,14H2,1-2H3,(H,15,16). The van der Waals surface area contributed by atoms with Crippen LogP contribution in [-0.2, 0) is 0 Å². The van der Waals surface area contributed by atoms with Gasteiger partial charge in [-0.15, -0.1) is 11.3 Å². The summed E-state index contributed by atoms with van der Waals surface area (Å²) in [4.78, 5) is 12.2. The molecule has 2 heterocycles. The Kier molecular flexibility index (Phi) is 2.65. The number of nitrogens with one attached hydrogen (secondary N) is 1. The second kappa shape index (κ2) is 4.19. The first kappa shape index (κ1) is 11.4. The number of hydrogen-bond acceptors (Lipinski definition) is 4. The predicted molar refractivity (Wildman–Crippen MR) is 74.5 cm³/mol. The van der Waals surface area contributed by atoms with Crippen LogP contribution in [-0.4, -0.2) is 15.0 Å². The van der Waals surface area contributed by atoms with Gasteiger partial charge in [0.25, 0.3) is 0 Å². The fourth-order valence-corrected chi connectivity index (χ4v) is 2.82. The Morgan fingerprint density at radius 1 is 1.33 bits per heavy atom. The van der Waals surface area contributed by atoms with Crippen LogP contribution in [0.25, 0.3) is 21.6 Å². The van der Waals surface area contributed by atoms with Crippen LogP contribution in [0.3, 0.4) is 0 Å². The van der Waals surface area contributed by atoms with E-state index in [0.29, 0.717) is 0 Å². The number of nitrogens with two attached hydrogens (primary N) is 1. The maximum Gasteiger partial charge on any atom is 0.123 e. The highest BCUT2D eigenvalue weighted by Crippen LogP contribution is 2.27. The van der Waals surface area contributed by atoms with Gasteiger partial charge in [0.05, 0.1) is 16.7 Å². The molecule has 0 saturated carbocycles. The van der Waals surface area contributed by atoms with Crippen LogP contribution in [0.15, 0.2) is 23.6 Å². The minimum absolute atomic E-state index is 0.0202. The summed E-state index contributed by atoms with van der Waals surface area (Å²) in [5.74, 6) is 0.928. The van der Waals surface area contributed by atoms with Crippen molar-refractivity contribution in [2.75, 3.05) is 0 Å². The predicted octanol–water partition coefficient (Wildman–Crippen LogP) is 3.01. The zero-order valence-electron chi connectivity index (χ0n) is 10.3. The van der Waals surface area contributed by atoms with Crippen LogP contribution in [0.4, 0.5) is 0 Å². The average Bonchev–Trinajstić information content (AvgIpc) is 2.91. The summed E-state index contributed by atoms with van der Waals surface area (Å²) in [5, 5.41) is 3.01. The Bertz CT molecular complexity index is 696. The Morgan fingerprint density at radius 2 is 2.17 bits per heavy atom. The van der Waals surface area contributed by atoms with Crippen molar-refractivity contribution in [3.63, 3.8) is 0 Å². The van der Waals surface area contributed by atoms with Crippen molar-refractivity contribution in [1.29, 1.82) is 0 Å². The molecule has 1 aromatic carbocycles. The topological polar surface area (TPSA) is 67.6 Å². The van der Waals surface area contributed by atoms with Gasteiger partial charge in [-0.25, -0.2) is 9.97 Å². The van der Waals surface area contributed by atoms with Crippen molar-refractivity contribution in [3.05, 3.63) is 35.1 Å². The number of aryl methyl sites for hydroxylation is 1. The zero-order chi connectivity index (χ0) is 12.7. The lowest BCUT2D eigenvalue weighted by molar-refractivity contribution is 0.790. The molecule has 2 aromatic heterocycles. The quantitative estimate of drug-likeness (QED) is 0.742. The number of thiazole rings is 1. The Hall–Kier alpha value is -1.72. The monoisotopic (exact) mass is 258 g/mol. The van der Waals surface area contributed by atoms with E-state index in [2.05, 4.69) is 21.0 Å². The Balaban J connectivity index is 2.06. The number of fused-ring (bicyclic) bond motifs is 1. The van der Waals surface area contributed by atoms with Crippen molar-refractivity contribution >= 4 is 22.4 Å². The molecular weight excluding hydrogens is 244 g/mol. The summed E-state index contributed by atoms with van der Waals surface area (Å²) >= 11 is 1.62. The Labute approximate surface area is 109 Å². The number of hydrogen-bond donors (Lipinski definition) is 2. The summed E-state index contributed by atoms with van der Waals surface area (Å²) in [6.07, 6.45) is 0. The van der Waals surface area contributed by atoms with E-state index in [9.17, 15) is 0 Å². The molecule has 18 heavy (non-hydrogen) atoms. The molecule has 0 bridgehead atoms. The molecule has 3 N–H and O–H groups in total. The van der Waals surface area contributed by atoms with Gasteiger partial charge in [0.15, 0.2) is 0 Å². The van der Waals surface area contributed by atoms with Gasteiger partial charge in [-0.05, 0) is 32.0 Å². The van der Waals surface area contributed by atoms with E-state index >= 15 is 0 Å². The zero-order valence-corrected chi connectivity index (χ0v) is 11.1. The van der Waals surface area contributed by atoms with Crippen LogP contribution < -0.4 is 5.73 Å². The number of aromatic amines is 1. The van der Waals surface area contributed by atoms with Gasteiger partial charge in [0.2, 0.25) is 0 Å². The number of nitrogens with zero attached hydrogens (tertiary/aromatic N) is 2. The summed E-state index contributed by atoms with van der Waals surface area (Å²) in [6.45, 7) is 3.90. The second-order valence-electron chi connectivity index (χ2n) is 4.42. The van der Waals surface area contributed by atoms with E-state index < -0.39 is 0 Å². The smallest absolute Gasteiger partial charge is 0.123 e. The number of imidazole rings is 1. The summed E-state index contributed by atoms with van der Waals surface area (Å²) in [6, 6.07) is 6.13. The van der Waals surface area contributed by atoms with Crippen molar-refractivity contribution < 1.29 is 0 Å². The number of H-pyrrole nitrogens is 1. The van der Waals surface area contributed by atoms with E-state index in [-0.39, 0.29) is 6.04 Å². The van der Waals surface area contributed by atoms with Gasteiger partial charge in [-0.2, -0.15) is 0 Å². The van der Waals surface area contributed by atoms with E-state index in [0.717, 1.165) is 33.1 Å². The second-order valence-corrected chi connectivity index (χ2v) is 5.28. The van der Waals surface area contributed by atoms with Gasteiger partial charge in [-0.3, -0.25) is 0 Å². The molecule has 1 atom stereocenters. The third kappa shape index (κ3) is 1.91. The van der Waals surface area contributed by atoms with Gasteiger partial charge < -0.3 is 10.7 Å². The maximum absolute atomic E-state index is 5.83. The highest BCUT2D eigenvalue weighted by Gasteiger charge is 2.09. The first-order valence-corrected chi connectivity index (χ1v) is 6.69.